The lowest BCUT2D eigenvalue weighted by Gasteiger charge is -2.28. The van der Waals surface area contributed by atoms with E-state index in [4.69, 9.17) is 4.43 Å². The van der Waals surface area contributed by atoms with Crippen molar-refractivity contribution in [1.82, 2.24) is 0 Å². The van der Waals surface area contributed by atoms with E-state index in [-0.39, 0.29) is 5.92 Å². The number of hydrogen-bond donors (Lipinski definition) is 0. The predicted octanol–water partition coefficient (Wildman–Crippen LogP) is 3.62. The molecule has 15 heavy (non-hydrogen) atoms. The summed E-state index contributed by atoms with van der Waals surface area (Å²) in [6, 6.07) is 3.63. The van der Waals surface area contributed by atoms with Crippen molar-refractivity contribution in [2.75, 3.05) is 6.61 Å². The highest BCUT2D eigenvalue weighted by molar-refractivity contribution is 6.73. The summed E-state index contributed by atoms with van der Waals surface area (Å²) in [5, 5.41) is 0. The summed E-state index contributed by atoms with van der Waals surface area (Å²) in [7, 11) is -1.39. The topological polar surface area (TPSA) is 26.3 Å². The maximum atomic E-state index is 10.4. The van der Waals surface area contributed by atoms with Crippen molar-refractivity contribution in [3.8, 4) is 0 Å². The Labute approximate surface area is 95.5 Å². The van der Waals surface area contributed by atoms with Crippen molar-refractivity contribution in [2.24, 2.45) is 5.92 Å². The smallest absolute Gasteiger partial charge is 0.191 e. The second-order valence-corrected chi connectivity index (χ2v) is 9.12. The molecule has 3 heteroatoms. The summed E-state index contributed by atoms with van der Waals surface area (Å²) >= 11 is 0. The van der Waals surface area contributed by atoms with Crippen LogP contribution in [0.5, 0.6) is 0 Å². The van der Waals surface area contributed by atoms with Crippen LogP contribution in [0.3, 0.4) is 0 Å². The lowest BCUT2D eigenvalue weighted by atomic mass is 10.1. The molecular weight excluding hydrogens is 204 g/mol. The van der Waals surface area contributed by atoms with E-state index in [9.17, 15) is 4.79 Å². The highest BCUT2D eigenvalue weighted by atomic mass is 28.4. The Kier molecular flexibility index (Phi) is 7.97. The molecule has 0 saturated heterocycles. The minimum Gasteiger partial charge on any atom is -0.417 e. The quantitative estimate of drug-likeness (QED) is 0.343. The minimum atomic E-state index is -1.39. The summed E-state index contributed by atoms with van der Waals surface area (Å²) in [4.78, 5) is 10.4. The van der Waals surface area contributed by atoms with E-state index in [0.29, 0.717) is 0 Å². The van der Waals surface area contributed by atoms with Gasteiger partial charge in [-0.25, -0.2) is 0 Å². The molecule has 0 saturated carbocycles. The van der Waals surface area contributed by atoms with Gasteiger partial charge in [0.2, 0.25) is 0 Å². The van der Waals surface area contributed by atoms with Crippen LogP contribution < -0.4 is 0 Å². The molecular formula is C12H26O2Si. The van der Waals surface area contributed by atoms with Gasteiger partial charge in [0.05, 0.1) is 0 Å². The fraction of sp³-hybridized carbons (Fsp3) is 0.917. The van der Waals surface area contributed by atoms with Crippen molar-refractivity contribution in [1.29, 1.82) is 0 Å². The van der Waals surface area contributed by atoms with Gasteiger partial charge in [0.1, 0.15) is 6.29 Å². The molecule has 0 aliphatic heterocycles. The standard InChI is InChI=1S/C12H26O2Si/c1-5-15(6-2,7-3)14-10-8-9-12(4)11-13/h11-12H,5-10H2,1-4H3/t12-/m0/s1. The Hall–Kier alpha value is -0.153. The van der Waals surface area contributed by atoms with Crippen molar-refractivity contribution < 1.29 is 9.22 Å². The number of carbonyl (C=O) groups excluding carboxylic acids is 1. The van der Waals surface area contributed by atoms with Crippen LogP contribution in [-0.2, 0) is 9.22 Å². The van der Waals surface area contributed by atoms with E-state index in [1.807, 2.05) is 6.92 Å². The van der Waals surface area contributed by atoms with Gasteiger partial charge in [0, 0.05) is 12.5 Å². The van der Waals surface area contributed by atoms with Crippen LogP contribution in [0.2, 0.25) is 18.1 Å². The van der Waals surface area contributed by atoms with E-state index in [1.165, 1.54) is 18.1 Å². The molecule has 0 radical (unpaired) electrons. The average Bonchev–Trinajstić information content (AvgIpc) is 2.30. The van der Waals surface area contributed by atoms with E-state index < -0.39 is 8.32 Å². The molecule has 0 aromatic heterocycles. The van der Waals surface area contributed by atoms with Crippen LogP contribution in [0.4, 0.5) is 0 Å². The molecule has 0 heterocycles. The zero-order valence-electron chi connectivity index (χ0n) is 10.7. The van der Waals surface area contributed by atoms with Gasteiger partial charge in [-0.3, -0.25) is 0 Å². The predicted molar refractivity (Wildman–Crippen MR) is 67.6 cm³/mol. The molecule has 0 aliphatic rings. The fourth-order valence-electron chi connectivity index (χ4n) is 1.82. The Bertz CT molecular complexity index is 159. The molecule has 90 valence electrons. The molecule has 0 rings (SSSR count). The minimum absolute atomic E-state index is 0.189. The van der Waals surface area contributed by atoms with Crippen LogP contribution >= 0.6 is 0 Å². The molecule has 0 N–H and O–H groups in total. The van der Waals surface area contributed by atoms with E-state index in [2.05, 4.69) is 20.8 Å². The molecule has 1 atom stereocenters. The number of rotatable bonds is 9. The highest BCUT2D eigenvalue weighted by Crippen LogP contribution is 2.22. The van der Waals surface area contributed by atoms with Crippen molar-refractivity contribution in [3.05, 3.63) is 0 Å². The molecule has 0 aliphatic carbocycles. The largest absolute Gasteiger partial charge is 0.417 e. The van der Waals surface area contributed by atoms with Gasteiger partial charge in [-0.2, -0.15) is 0 Å². The summed E-state index contributed by atoms with van der Waals surface area (Å²) in [6.45, 7) is 9.55. The second kappa shape index (κ2) is 8.05. The first-order valence-corrected chi connectivity index (χ1v) is 8.76. The van der Waals surface area contributed by atoms with Gasteiger partial charge >= 0.3 is 0 Å². The molecule has 0 aromatic rings. The van der Waals surface area contributed by atoms with Crippen molar-refractivity contribution >= 4 is 14.6 Å². The zero-order valence-corrected chi connectivity index (χ0v) is 11.7. The Morgan fingerprint density at radius 1 is 1.20 bits per heavy atom. The summed E-state index contributed by atoms with van der Waals surface area (Å²) < 4.78 is 6.10. The lowest BCUT2D eigenvalue weighted by Crippen LogP contribution is -2.36. The number of hydrogen-bond acceptors (Lipinski definition) is 2. The van der Waals surface area contributed by atoms with E-state index in [1.54, 1.807) is 0 Å². The molecule has 0 spiro atoms. The van der Waals surface area contributed by atoms with Gasteiger partial charge in [-0.15, -0.1) is 0 Å². The van der Waals surface area contributed by atoms with E-state index >= 15 is 0 Å². The first kappa shape index (κ1) is 14.8. The Balaban J connectivity index is 3.76. The Morgan fingerprint density at radius 3 is 2.13 bits per heavy atom. The number of aldehydes is 1. The summed E-state index contributed by atoms with van der Waals surface area (Å²) in [6.07, 6.45) is 3.02. The third-order valence-corrected chi connectivity index (χ3v) is 8.06. The zero-order chi connectivity index (χ0) is 11.7. The van der Waals surface area contributed by atoms with Gasteiger partial charge < -0.3 is 9.22 Å². The SMILES string of the molecule is CC[Si](CC)(CC)OCCC[C@H](C)C=O. The maximum absolute atomic E-state index is 10.4. The summed E-state index contributed by atoms with van der Waals surface area (Å²) in [5.41, 5.74) is 0. The van der Waals surface area contributed by atoms with Crippen LogP contribution in [0.1, 0.15) is 40.5 Å². The average molecular weight is 230 g/mol. The normalized spacial score (nSPS) is 13.9. The van der Waals surface area contributed by atoms with Crippen LogP contribution in [-0.4, -0.2) is 21.2 Å². The summed E-state index contributed by atoms with van der Waals surface area (Å²) in [5.74, 6) is 0.189. The third kappa shape index (κ3) is 5.47. The molecule has 2 nitrogen and oxygen atoms in total. The third-order valence-electron chi connectivity index (χ3n) is 3.38. The monoisotopic (exact) mass is 230 g/mol. The first-order valence-electron chi connectivity index (χ1n) is 6.23. The van der Waals surface area contributed by atoms with Crippen molar-refractivity contribution in [2.45, 2.75) is 58.7 Å². The van der Waals surface area contributed by atoms with E-state index in [0.717, 1.165) is 25.7 Å². The second-order valence-electron chi connectivity index (χ2n) is 4.35. The molecule has 0 fully saturated rings. The highest BCUT2D eigenvalue weighted by Gasteiger charge is 2.28. The van der Waals surface area contributed by atoms with Gasteiger partial charge in [-0.05, 0) is 31.0 Å². The van der Waals surface area contributed by atoms with Gasteiger partial charge in [0.25, 0.3) is 0 Å². The lowest BCUT2D eigenvalue weighted by molar-refractivity contribution is -0.110. The van der Waals surface area contributed by atoms with Gasteiger partial charge in [-0.1, -0.05) is 27.7 Å². The molecule has 0 amide bonds. The van der Waals surface area contributed by atoms with Crippen molar-refractivity contribution in [3.63, 3.8) is 0 Å². The Morgan fingerprint density at radius 2 is 1.73 bits per heavy atom. The molecule has 0 aromatic carbocycles. The fourth-order valence-corrected chi connectivity index (χ4v) is 4.51. The van der Waals surface area contributed by atoms with Gasteiger partial charge in [0.15, 0.2) is 8.32 Å². The van der Waals surface area contributed by atoms with Crippen LogP contribution in [0.15, 0.2) is 0 Å². The number of carbonyl (C=O) groups is 1. The first-order chi connectivity index (χ1) is 7.14. The van der Waals surface area contributed by atoms with Crippen LogP contribution in [0, 0.1) is 5.92 Å². The van der Waals surface area contributed by atoms with Crippen LogP contribution in [0.25, 0.3) is 0 Å². The molecule has 0 bridgehead atoms. The maximum Gasteiger partial charge on any atom is 0.191 e. The molecule has 0 unspecified atom stereocenters.